The zero-order chi connectivity index (χ0) is 37.9. The van der Waals surface area contributed by atoms with Gasteiger partial charge in [0.1, 0.15) is 23.0 Å². The molecule has 0 spiro atoms. The summed E-state index contributed by atoms with van der Waals surface area (Å²) in [7, 11) is 0. The molecule has 1 fully saturated rings. The van der Waals surface area contributed by atoms with Crippen LogP contribution < -0.4 is 18.9 Å². The van der Waals surface area contributed by atoms with Gasteiger partial charge in [0.05, 0.1) is 38.3 Å². The third kappa shape index (κ3) is 14.3. The lowest BCUT2D eigenvalue weighted by molar-refractivity contribution is -0.145. The van der Waals surface area contributed by atoms with Gasteiger partial charge in [-0.2, -0.15) is 0 Å². The van der Waals surface area contributed by atoms with Crippen molar-refractivity contribution in [2.24, 2.45) is 11.8 Å². The fourth-order valence-electron chi connectivity index (χ4n) is 4.98. The molecule has 2 aromatic rings. The molecule has 1 saturated carbocycles. The summed E-state index contributed by atoms with van der Waals surface area (Å²) in [6, 6.07) is 9.19. The van der Waals surface area contributed by atoms with E-state index in [0.29, 0.717) is 74.0 Å². The standard InChI is InChI=1S/C38H44O14/c1-5-33(39)45-19-7-9-21-47-37(43)51-31-17-15-29(23-25(31)3)49-35(41)27-11-13-28(14-12-27)36(42)50-30-16-18-32(26(4)24-30)52-38(44)48-22-10-8-20-46-34(40)6-2/h5-6,15-18,23-24,27-28H,1-2,7-14,19-22H2,3-4H3. The molecule has 0 heterocycles. The fourth-order valence-corrected chi connectivity index (χ4v) is 4.98. The Bertz CT molecular complexity index is 1470. The van der Waals surface area contributed by atoms with Crippen LogP contribution in [0.2, 0.25) is 0 Å². The van der Waals surface area contributed by atoms with Crippen molar-refractivity contribution in [3.05, 3.63) is 72.8 Å². The second-order valence-corrected chi connectivity index (χ2v) is 11.8. The van der Waals surface area contributed by atoms with Crippen molar-refractivity contribution in [1.82, 2.24) is 0 Å². The molecule has 280 valence electrons. The summed E-state index contributed by atoms with van der Waals surface area (Å²) >= 11 is 0. The number of carbonyl (C=O) groups excluding carboxylic acids is 6. The Balaban J connectivity index is 1.35. The quantitative estimate of drug-likeness (QED) is 0.0398. The maximum atomic E-state index is 12.9. The van der Waals surface area contributed by atoms with Crippen LogP contribution in [0.25, 0.3) is 0 Å². The Morgan fingerprint density at radius 3 is 1.23 bits per heavy atom. The van der Waals surface area contributed by atoms with Crippen molar-refractivity contribution in [3.63, 3.8) is 0 Å². The van der Waals surface area contributed by atoms with Gasteiger partial charge in [-0.05, 0) is 113 Å². The monoisotopic (exact) mass is 724 g/mol. The van der Waals surface area contributed by atoms with E-state index in [2.05, 4.69) is 13.2 Å². The van der Waals surface area contributed by atoms with Gasteiger partial charge in [0, 0.05) is 12.2 Å². The second-order valence-electron chi connectivity index (χ2n) is 11.8. The molecule has 3 rings (SSSR count). The fraction of sp³-hybridized carbons (Fsp3) is 0.421. The molecule has 0 unspecified atom stereocenters. The minimum atomic E-state index is -0.888. The second kappa shape index (κ2) is 21.5. The Kier molecular flexibility index (Phi) is 16.9. The molecule has 14 heteroatoms. The van der Waals surface area contributed by atoms with Crippen LogP contribution >= 0.6 is 0 Å². The first kappa shape index (κ1) is 40.8. The highest BCUT2D eigenvalue weighted by molar-refractivity contribution is 5.81. The summed E-state index contributed by atoms with van der Waals surface area (Å²) < 4.78 is 41.4. The smallest absolute Gasteiger partial charge is 0.463 e. The van der Waals surface area contributed by atoms with Crippen LogP contribution in [0.4, 0.5) is 9.59 Å². The van der Waals surface area contributed by atoms with Gasteiger partial charge < -0.3 is 37.9 Å². The topological polar surface area (TPSA) is 176 Å². The number of hydrogen-bond donors (Lipinski definition) is 0. The SMILES string of the molecule is C=CC(=O)OCCCCOC(=O)Oc1ccc(OC(=O)C2CCC(C(=O)Oc3ccc(OC(=O)OCCCCOC(=O)C=C)c(C)c3)CC2)cc1C. The van der Waals surface area contributed by atoms with E-state index in [1.165, 1.54) is 24.3 Å². The Hall–Kier alpha value is -5.66. The minimum Gasteiger partial charge on any atom is -0.463 e. The first-order valence-electron chi connectivity index (χ1n) is 16.9. The third-order valence-corrected chi connectivity index (χ3v) is 7.85. The van der Waals surface area contributed by atoms with E-state index in [1.54, 1.807) is 26.0 Å². The van der Waals surface area contributed by atoms with Crippen molar-refractivity contribution in [3.8, 4) is 23.0 Å². The van der Waals surface area contributed by atoms with Crippen molar-refractivity contribution in [1.29, 1.82) is 0 Å². The average molecular weight is 725 g/mol. The van der Waals surface area contributed by atoms with Gasteiger partial charge in [-0.25, -0.2) is 19.2 Å². The Morgan fingerprint density at radius 1 is 0.558 bits per heavy atom. The largest absolute Gasteiger partial charge is 0.513 e. The number of carbonyl (C=O) groups is 6. The minimum absolute atomic E-state index is 0.0870. The summed E-state index contributed by atoms with van der Waals surface area (Å²) in [4.78, 5) is 71.9. The van der Waals surface area contributed by atoms with E-state index in [-0.39, 0.29) is 37.9 Å². The summed E-state index contributed by atoms with van der Waals surface area (Å²) in [5, 5.41) is 0. The van der Waals surface area contributed by atoms with E-state index < -0.39 is 48.0 Å². The number of esters is 4. The molecule has 0 aromatic heterocycles. The van der Waals surface area contributed by atoms with E-state index >= 15 is 0 Å². The lowest BCUT2D eigenvalue weighted by Gasteiger charge is -2.26. The number of unbranched alkanes of at least 4 members (excludes halogenated alkanes) is 2. The molecule has 1 aliphatic rings. The molecule has 2 aromatic carbocycles. The van der Waals surface area contributed by atoms with Gasteiger partial charge in [0.25, 0.3) is 0 Å². The van der Waals surface area contributed by atoms with Crippen LogP contribution in [-0.2, 0) is 38.1 Å². The molecule has 0 aliphatic heterocycles. The molecule has 0 amide bonds. The Labute approximate surface area is 301 Å². The van der Waals surface area contributed by atoms with Gasteiger partial charge in [-0.1, -0.05) is 13.2 Å². The van der Waals surface area contributed by atoms with Gasteiger partial charge in [-0.3, -0.25) is 9.59 Å². The summed E-state index contributed by atoms with van der Waals surface area (Å²) in [6.45, 7) is 10.6. The third-order valence-electron chi connectivity index (χ3n) is 7.85. The number of hydrogen-bond acceptors (Lipinski definition) is 14. The van der Waals surface area contributed by atoms with Crippen LogP contribution in [0.3, 0.4) is 0 Å². The highest BCUT2D eigenvalue weighted by atomic mass is 16.7. The van der Waals surface area contributed by atoms with E-state index in [4.69, 9.17) is 37.9 Å². The number of ether oxygens (including phenoxy) is 8. The summed E-state index contributed by atoms with van der Waals surface area (Å²) in [5.74, 6) is -1.59. The highest BCUT2D eigenvalue weighted by Crippen LogP contribution is 2.33. The lowest BCUT2D eigenvalue weighted by atomic mass is 9.82. The van der Waals surface area contributed by atoms with Gasteiger partial charge in [0.15, 0.2) is 0 Å². The molecule has 0 radical (unpaired) electrons. The molecule has 1 aliphatic carbocycles. The van der Waals surface area contributed by atoms with Gasteiger partial charge in [0.2, 0.25) is 0 Å². The molecular formula is C38H44O14. The van der Waals surface area contributed by atoms with Crippen LogP contribution in [0.1, 0.15) is 62.5 Å². The predicted molar refractivity (Wildman–Crippen MR) is 184 cm³/mol. The molecule has 0 bridgehead atoms. The Morgan fingerprint density at radius 2 is 0.904 bits per heavy atom. The van der Waals surface area contributed by atoms with Crippen LogP contribution in [0.5, 0.6) is 23.0 Å². The highest BCUT2D eigenvalue weighted by Gasteiger charge is 2.32. The van der Waals surface area contributed by atoms with Crippen molar-refractivity contribution in [2.45, 2.75) is 65.2 Å². The summed E-state index contributed by atoms with van der Waals surface area (Å²) in [5.41, 5.74) is 1.11. The summed E-state index contributed by atoms with van der Waals surface area (Å²) in [6.07, 6.45) is 4.09. The number of aryl methyl sites for hydroxylation is 2. The molecular weight excluding hydrogens is 680 g/mol. The maximum Gasteiger partial charge on any atom is 0.513 e. The predicted octanol–water partition coefficient (Wildman–Crippen LogP) is 6.67. The zero-order valence-electron chi connectivity index (χ0n) is 29.4. The van der Waals surface area contributed by atoms with Crippen molar-refractivity contribution in [2.75, 3.05) is 26.4 Å². The van der Waals surface area contributed by atoms with Crippen molar-refractivity contribution < 1.29 is 66.7 Å². The van der Waals surface area contributed by atoms with Crippen LogP contribution in [-0.4, -0.2) is 62.6 Å². The van der Waals surface area contributed by atoms with Gasteiger partial charge in [-0.15, -0.1) is 0 Å². The first-order valence-corrected chi connectivity index (χ1v) is 16.9. The molecule has 52 heavy (non-hydrogen) atoms. The van der Waals surface area contributed by atoms with E-state index in [0.717, 1.165) is 12.2 Å². The van der Waals surface area contributed by atoms with E-state index in [9.17, 15) is 28.8 Å². The molecule has 0 saturated heterocycles. The molecule has 14 nitrogen and oxygen atoms in total. The number of rotatable bonds is 18. The van der Waals surface area contributed by atoms with Gasteiger partial charge >= 0.3 is 36.2 Å². The zero-order valence-corrected chi connectivity index (χ0v) is 29.4. The van der Waals surface area contributed by atoms with Crippen molar-refractivity contribution >= 4 is 36.2 Å². The number of benzene rings is 2. The normalized spacial score (nSPS) is 14.9. The van der Waals surface area contributed by atoms with Crippen LogP contribution in [0.15, 0.2) is 61.7 Å². The molecule has 0 N–H and O–H groups in total. The average Bonchev–Trinajstić information content (AvgIpc) is 3.13. The first-order chi connectivity index (χ1) is 25.0. The lowest BCUT2D eigenvalue weighted by Crippen LogP contribution is -2.30. The van der Waals surface area contributed by atoms with E-state index in [1.807, 2.05) is 0 Å². The maximum absolute atomic E-state index is 12.9. The molecule has 0 atom stereocenters. The van der Waals surface area contributed by atoms with Crippen LogP contribution in [0, 0.1) is 25.7 Å².